The van der Waals surface area contributed by atoms with Crippen LogP contribution in [0.1, 0.15) is 110 Å². The van der Waals surface area contributed by atoms with Crippen molar-refractivity contribution in [3.8, 4) is 23.0 Å². The third-order valence-corrected chi connectivity index (χ3v) is 9.82. The van der Waals surface area contributed by atoms with Gasteiger partial charge in [-0.25, -0.2) is 14.0 Å². The molecule has 0 heterocycles. The monoisotopic (exact) mass is 775 g/mol. The maximum absolute atomic E-state index is 16.8. The maximum atomic E-state index is 16.8. The van der Waals surface area contributed by atoms with Crippen molar-refractivity contribution in [2.75, 3.05) is 38.8 Å². The lowest BCUT2D eigenvalue weighted by Crippen LogP contribution is -2.49. The van der Waals surface area contributed by atoms with E-state index in [9.17, 15) is 9.59 Å². The molecule has 298 valence electrons. The Labute approximate surface area is 333 Å². The van der Waals surface area contributed by atoms with Crippen LogP contribution < -0.4 is 10.2 Å². The molecule has 1 N–H and O–H groups in total. The minimum absolute atomic E-state index is 0.0656. The van der Waals surface area contributed by atoms with Gasteiger partial charge in [-0.05, 0) is 109 Å². The van der Waals surface area contributed by atoms with Crippen LogP contribution in [0.3, 0.4) is 0 Å². The van der Waals surface area contributed by atoms with Gasteiger partial charge in [0.05, 0.1) is 12.3 Å². The third kappa shape index (κ3) is 12.6. The number of hydrogen-bond donors (Lipinski definition) is 1. The number of rotatable bonds is 12. The van der Waals surface area contributed by atoms with E-state index in [1.165, 1.54) is 0 Å². The first kappa shape index (κ1) is 43.5. The van der Waals surface area contributed by atoms with Gasteiger partial charge in [0, 0.05) is 73.4 Å². The van der Waals surface area contributed by atoms with E-state index in [0.29, 0.717) is 79.2 Å². The average Bonchev–Trinajstić information content (AvgIpc) is 3.11. The highest BCUT2D eigenvalue weighted by molar-refractivity contribution is 6.33. The molecule has 1 saturated carbocycles. The first-order valence-electron chi connectivity index (χ1n) is 19.4. The summed E-state index contributed by atoms with van der Waals surface area (Å²) >= 11 is 6.97. The van der Waals surface area contributed by atoms with Crippen molar-refractivity contribution >= 4 is 29.5 Å². The van der Waals surface area contributed by atoms with Gasteiger partial charge in [-0.15, -0.1) is 0 Å². The number of amides is 2. The number of carbonyl (C=O) groups excluding carboxylic acids is 2. The highest BCUT2D eigenvalue weighted by Crippen LogP contribution is 2.40. The summed E-state index contributed by atoms with van der Waals surface area (Å²) in [5, 5.41) is 3.40. The quantitative estimate of drug-likeness (QED) is 0.185. The largest absolute Gasteiger partial charge is 0.444 e. The number of halogens is 2. The van der Waals surface area contributed by atoms with E-state index in [-0.39, 0.29) is 18.0 Å². The van der Waals surface area contributed by atoms with E-state index in [0.717, 1.165) is 17.5 Å². The van der Waals surface area contributed by atoms with Crippen LogP contribution in [0.2, 0.25) is 5.02 Å². The van der Waals surface area contributed by atoms with Crippen LogP contribution in [0.5, 0.6) is 0 Å². The van der Waals surface area contributed by atoms with E-state index in [4.69, 9.17) is 25.8 Å². The molecule has 1 aliphatic carbocycles. The molecule has 0 spiro atoms. The van der Waals surface area contributed by atoms with Crippen LogP contribution in [0.4, 0.5) is 19.7 Å². The Bertz CT molecular complexity index is 1800. The number of nitrogens with zero attached hydrogens (tertiary/aromatic N) is 2. The lowest BCUT2D eigenvalue weighted by Gasteiger charge is -2.39. The van der Waals surface area contributed by atoms with Gasteiger partial charge in [0.2, 0.25) is 0 Å². The fourth-order valence-corrected chi connectivity index (χ4v) is 7.01. The molecule has 0 aliphatic heterocycles. The highest BCUT2D eigenvalue weighted by Gasteiger charge is 2.35. The van der Waals surface area contributed by atoms with Crippen molar-refractivity contribution < 1.29 is 28.2 Å². The van der Waals surface area contributed by atoms with E-state index < -0.39 is 29.2 Å². The first-order valence-corrected chi connectivity index (χ1v) is 19.7. The molecule has 2 amide bonds. The molecule has 10 heteroatoms. The lowest BCUT2D eigenvalue weighted by molar-refractivity contribution is 0.00941. The maximum Gasteiger partial charge on any atom is 0.410 e. The number of benzene rings is 3. The topological polar surface area (TPSA) is 80.3 Å². The molecule has 1 atom stereocenters. The van der Waals surface area contributed by atoms with E-state index in [2.05, 4.69) is 24.1 Å². The number of alkyl carbamates (subject to hydrolysis) is 1. The van der Waals surface area contributed by atoms with Crippen molar-refractivity contribution in [3.05, 3.63) is 88.2 Å². The van der Waals surface area contributed by atoms with E-state index >= 15 is 4.39 Å². The van der Waals surface area contributed by atoms with Crippen molar-refractivity contribution in [1.82, 2.24) is 10.2 Å². The zero-order valence-electron chi connectivity index (χ0n) is 34.1. The van der Waals surface area contributed by atoms with Crippen LogP contribution in [0.15, 0.2) is 60.7 Å². The van der Waals surface area contributed by atoms with Gasteiger partial charge in [0.15, 0.2) is 5.82 Å². The molecule has 0 bridgehead atoms. The number of ether oxygens (including phenoxy) is 3. The molecule has 0 radical (unpaired) electrons. The SMILES string of the molecule is CCCC#Cc1ccc(N(C)CCOC)c(F)c1-c1cc(C(CN(C(=O)OC(C)(C)C)C2CCC(NC(=O)OC(C)(C)C)CC2)c2ccccc2)ccc1Cl. The van der Waals surface area contributed by atoms with Crippen LogP contribution in [0, 0.1) is 17.7 Å². The lowest BCUT2D eigenvalue weighted by atomic mass is 9.86. The minimum Gasteiger partial charge on any atom is -0.444 e. The van der Waals surface area contributed by atoms with Gasteiger partial charge < -0.3 is 29.3 Å². The number of carbonyl (C=O) groups is 2. The van der Waals surface area contributed by atoms with Crippen molar-refractivity contribution in [3.63, 3.8) is 0 Å². The molecule has 0 saturated heterocycles. The Hall–Kier alpha value is -4.26. The van der Waals surface area contributed by atoms with E-state index in [1.54, 1.807) is 19.2 Å². The van der Waals surface area contributed by atoms with Crippen molar-refractivity contribution in [2.45, 2.75) is 116 Å². The fourth-order valence-electron chi connectivity index (χ4n) is 6.79. The summed E-state index contributed by atoms with van der Waals surface area (Å²) in [7, 11) is 3.45. The van der Waals surface area contributed by atoms with Crippen LogP contribution >= 0.6 is 11.6 Å². The van der Waals surface area contributed by atoms with Crippen LogP contribution in [0.25, 0.3) is 11.1 Å². The standard InChI is InChI=1S/C45H59ClFN3O5/c1-10-11-13-18-32-20-26-39(49(8)27-28-53-9)41(47)40(32)36-29-33(19-25-38(36)46)37(31-16-14-12-15-17-31)30-50(43(52)55-45(5,6)7)35-23-21-34(22-24-35)48-42(51)54-44(2,3)4/h12,14-17,19-20,25-26,29,34-35,37H,10-11,21-24,27-28,30H2,1-9H3,(H,48,51). The molecular formula is C45H59ClFN3O5. The van der Waals surface area contributed by atoms with Gasteiger partial charge in [-0.1, -0.05) is 66.8 Å². The molecular weight excluding hydrogens is 717 g/mol. The summed E-state index contributed by atoms with van der Waals surface area (Å²) in [4.78, 5) is 30.3. The summed E-state index contributed by atoms with van der Waals surface area (Å²) < 4.78 is 33.6. The van der Waals surface area contributed by atoms with Crippen LogP contribution in [-0.2, 0) is 14.2 Å². The predicted octanol–water partition coefficient (Wildman–Crippen LogP) is 10.6. The van der Waals surface area contributed by atoms with Gasteiger partial charge in [0.25, 0.3) is 0 Å². The van der Waals surface area contributed by atoms with Gasteiger partial charge in [0.1, 0.15) is 11.2 Å². The Morgan fingerprint density at radius 2 is 1.62 bits per heavy atom. The molecule has 4 rings (SSSR count). The number of unbranched alkanes of at least 4 members (excludes halogenated alkanes) is 1. The number of hydrogen-bond acceptors (Lipinski definition) is 6. The Balaban J connectivity index is 1.78. The Morgan fingerprint density at radius 3 is 2.24 bits per heavy atom. The Kier molecular flexibility index (Phi) is 15.5. The average molecular weight is 776 g/mol. The second kappa shape index (κ2) is 19.6. The van der Waals surface area contributed by atoms with Crippen LogP contribution in [-0.4, -0.2) is 74.2 Å². The summed E-state index contributed by atoms with van der Waals surface area (Å²) in [6, 6.07) is 19.1. The predicted molar refractivity (Wildman–Crippen MR) is 220 cm³/mol. The summed E-state index contributed by atoms with van der Waals surface area (Å²) in [6.45, 7) is 14.4. The number of methoxy groups -OCH3 is 1. The molecule has 55 heavy (non-hydrogen) atoms. The normalized spacial score (nSPS) is 16.3. The summed E-state index contributed by atoms with van der Waals surface area (Å²) in [5.74, 6) is 5.68. The second-order valence-electron chi connectivity index (χ2n) is 16.3. The number of likely N-dealkylation sites (N-methyl/N-ethyl adjacent to an activating group) is 1. The smallest absolute Gasteiger partial charge is 0.410 e. The zero-order chi connectivity index (χ0) is 40.3. The zero-order valence-corrected chi connectivity index (χ0v) is 34.8. The molecule has 0 aromatic heterocycles. The second-order valence-corrected chi connectivity index (χ2v) is 16.7. The molecule has 3 aromatic rings. The summed E-state index contributed by atoms with van der Waals surface area (Å²) in [6.07, 6.45) is 3.42. The van der Waals surface area contributed by atoms with Gasteiger partial charge in [-0.3, -0.25) is 0 Å². The molecule has 1 unspecified atom stereocenters. The highest BCUT2D eigenvalue weighted by atomic mass is 35.5. The first-order chi connectivity index (χ1) is 26.0. The number of anilines is 1. The van der Waals surface area contributed by atoms with Crippen molar-refractivity contribution in [1.29, 1.82) is 0 Å². The third-order valence-electron chi connectivity index (χ3n) is 9.49. The molecule has 8 nitrogen and oxygen atoms in total. The van der Waals surface area contributed by atoms with E-state index in [1.807, 2.05) is 107 Å². The van der Waals surface area contributed by atoms with Gasteiger partial charge in [-0.2, -0.15) is 0 Å². The molecule has 3 aromatic carbocycles. The summed E-state index contributed by atoms with van der Waals surface area (Å²) in [5.41, 5.74) is 2.38. The van der Waals surface area contributed by atoms with Crippen molar-refractivity contribution in [2.24, 2.45) is 0 Å². The van der Waals surface area contributed by atoms with Gasteiger partial charge >= 0.3 is 12.2 Å². The Morgan fingerprint density at radius 1 is 0.945 bits per heavy atom. The minimum atomic E-state index is -0.714. The fraction of sp³-hybridized carbons (Fsp3) is 0.511. The molecule has 1 aliphatic rings. The molecule has 1 fully saturated rings. The number of nitrogens with one attached hydrogen (secondary N) is 1.